The van der Waals surface area contributed by atoms with Crippen molar-refractivity contribution in [1.82, 2.24) is 0 Å². The lowest BCUT2D eigenvalue weighted by Gasteiger charge is -2.02. The van der Waals surface area contributed by atoms with Gasteiger partial charge in [0.2, 0.25) is 0 Å². The van der Waals surface area contributed by atoms with Crippen molar-refractivity contribution in [3.05, 3.63) is 47.7 Å². The van der Waals surface area contributed by atoms with Gasteiger partial charge >= 0.3 is 5.97 Å². The first-order valence-electron chi connectivity index (χ1n) is 5.46. The minimum atomic E-state index is -1.02. The fourth-order valence-electron chi connectivity index (χ4n) is 1.25. The number of carbonyl (C=O) groups is 1. The third kappa shape index (κ3) is 3.98. The van der Waals surface area contributed by atoms with Crippen molar-refractivity contribution in [2.45, 2.75) is 26.2 Å². The van der Waals surface area contributed by atoms with Crippen molar-refractivity contribution < 1.29 is 18.3 Å². The van der Waals surface area contributed by atoms with Crippen molar-refractivity contribution in [3.63, 3.8) is 0 Å². The van der Waals surface area contributed by atoms with Crippen LogP contribution >= 0.6 is 0 Å². The maximum Gasteiger partial charge on any atom is 0.348 e. The van der Waals surface area contributed by atoms with E-state index in [1.807, 2.05) is 6.92 Å². The van der Waals surface area contributed by atoms with Crippen LogP contribution in [0.4, 0.5) is 8.78 Å². The molecule has 0 N–H and O–H groups in total. The molecule has 17 heavy (non-hydrogen) atoms. The summed E-state index contributed by atoms with van der Waals surface area (Å²) in [6, 6.07) is 3.22. The van der Waals surface area contributed by atoms with E-state index in [9.17, 15) is 13.6 Å². The van der Waals surface area contributed by atoms with Gasteiger partial charge in [-0.25, -0.2) is 13.6 Å². The Balaban J connectivity index is 2.61. The van der Waals surface area contributed by atoms with Crippen LogP contribution in [0.15, 0.2) is 30.5 Å². The van der Waals surface area contributed by atoms with Crippen LogP contribution in [-0.4, -0.2) is 5.97 Å². The number of hydrogen-bond donors (Lipinski definition) is 0. The highest BCUT2D eigenvalue weighted by Gasteiger charge is 2.17. The van der Waals surface area contributed by atoms with E-state index in [0.717, 1.165) is 31.4 Å². The van der Waals surface area contributed by atoms with E-state index in [0.29, 0.717) is 0 Å². The summed E-state index contributed by atoms with van der Waals surface area (Å²) in [7, 11) is 0. The van der Waals surface area contributed by atoms with E-state index < -0.39 is 23.2 Å². The van der Waals surface area contributed by atoms with Gasteiger partial charge in [-0.2, -0.15) is 0 Å². The van der Waals surface area contributed by atoms with Gasteiger partial charge in [-0.3, -0.25) is 0 Å². The van der Waals surface area contributed by atoms with Crippen LogP contribution in [0.5, 0.6) is 0 Å². The summed E-state index contributed by atoms with van der Waals surface area (Å²) < 4.78 is 31.0. The fourth-order valence-corrected chi connectivity index (χ4v) is 1.25. The first-order valence-corrected chi connectivity index (χ1v) is 5.46. The Bertz CT molecular complexity index is 394. The zero-order chi connectivity index (χ0) is 12.7. The molecule has 4 heteroatoms. The Morgan fingerprint density at radius 1 is 1.35 bits per heavy atom. The number of hydrogen-bond acceptors (Lipinski definition) is 2. The molecule has 0 heterocycles. The lowest BCUT2D eigenvalue weighted by molar-refractivity contribution is 0.0651. The van der Waals surface area contributed by atoms with Crippen molar-refractivity contribution in [2.75, 3.05) is 0 Å². The molecule has 0 amide bonds. The summed E-state index contributed by atoms with van der Waals surface area (Å²) >= 11 is 0. The second-order valence-corrected chi connectivity index (χ2v) is 3.52. The predicted molar refractivity (Wildman–Crippen MR) is 60.4 cm³/mol. The molecule has 0 bridgehead atoms. The average molecular weight is 240 g/mol. The standard InChI is InChI=1S/C13H14F2O2/c1-2-3-4-5-9-17-13(16)12-10(14)7-6-8-11(12)15/h5-9H,2-4H2,1H3/b9-5-. The molecular formula is C13H14F2O2. The highest BCUT2D eigenvalue weighted by Crippen LogP contribution is 2.13. The molecule has 92 valence electrons. The van der Waals surface area contributed by atoms with Gasteiger partial charge in [-0.05, 0) is 31.1 Å². The molecule has 2 nitrogen and oxygen atoms in total. The van der Waals surface area contributed by atoms with Crippen LogP contribution in [-0.2, 0) is 4.74 Å². The van der Waals surface area contributed by atoms with Crippen molar-refractivity contribution in [2.24, 2.45) is 0 Å². The van der Waals surface area contributed by atoms with Gasteiger partial charge in [0.15, 0.2) is 0 Å². The van der Waals surface area contributed by atoms with E-state index in [1.54, 1.807) is 6.08 Å². The first kappa shape index (κ1) is 13.4. The summed E-state index contributed by atoms with van der Waals surface area (Å²) in [6.45, 7) is 2.04. The minimum Gasteiger partial charge on any atom is -0.431 e. The molecular weight excluding hydrogens is 226 g/mol. The van der Waals surface area contributed by atoms with Crippen molar-refractivity contribution in [3.8, 4) is 0 Å². The lowest BCUT2D eigenvalue weighted by Crippen LogP contribution is -2.06. The highest BCUT2D eigenvalue weighted by molar-refractivity contribution is 5.90. The largest absolute Gasteiger partial charge is 0.431 e. The maximum atomic E-state index is 13.2. The van der Waals surface area contributed by atoms with Gasteiger partial charge in [0, 0.05) is 0 Å². The zero-order valence-corrected chi connectivity index (χ0v) is 9.58. The maximum absolute atomic E-state index is 13.2. The van der Waals surface area contributed by atoms with Crippen LogP contribution in [0.3, 0.4) is 0 Å². The van der Waals surface area contributed by atoms with Gasteiger partial charge in [-0.15, -0.1) is 0 Å². The summed E-state index contributed by atoms with van der Waals surface area (Å²) in [4.78, 5) is 11.4. The van der Waals surface area contributed by atoms with E-state index in [1.165, 1.54) is 12.3 Å². The number of ether oxygens (including phenoxy) is 1. The monoisotopic (exact) mass is 240 g/mol. The number of allylic oxidation sites excluding steroid dienone is 1. The minimum absolute atomic E-state index is 0.660. The summed E-state index contributed by atoms with van der Waals surface area (Å²) in [5, 5.41) is 0. The van der Waals surface area contributed by atoms with Crippen molar-refractivity contribution in [1.29, 1.82) is 0 Å². The van der Waals surface area contributed by atoms with Crippen molar-refractivity contribution >= 4 is 5.97 Å². The Hall–Kier alpha value is -1.71. The summed E-state index contributed by atoms with van der Waals surface area (Å²) in [5.41, 5.74) is -0.660. The summed E-state index contributed by atoms with van der Waals surface area (Å²) in [5.74, 6) is -2.86. The SMILES string of the molecule is CCCC/C=C\OC(=O)c1c(F)cccc1F. The van der Waals surface area contributed by atoms with E-state index in [-0.39, 0.29) is 0 Å². The second-order valence-electron chi connectivity index (χ2n) is 3.52. The molecule has 0 atom stereocenters. The Labute approximate surface area is 98.9 Å². The number of halogens is 2. The first-order chi connectivity index (χ1) is 8.16. The molecule has 0 saturated heterocycles. The number of unbranched alkanes of at least 4 members (excludes halogenated alkanes) is 2. The number of carbonyl (C=O) groups excluding carboxylic acids is 1. The number of esters is 1. The van der Waals surface area contributed by atoms with Gasteiger partial charge in [0.05, 0.1) is 6.26 Å². The van der Waals surface area contributed by atoms with E-state index >= 15 is 0 Å². The molecule has 0 aliphatic heterocycles. The predicted octanol–water partition coefficient (Wildman–Crippen LogP) is 3.83. The topological polar surface area (TPSA) is 26.3 Å². The highest BCUT2D eigenvalue weighted by atomic mass is 19.1. The van der Waals surface area contributed by atoms with Gasteiger partial charge in [-0.1, -0.05) is 19.4 Å². The van der Waals surface area contributed by atoms with E-state index in [4.69, 9.17) is 0 Å². The third-order valence-electron chi connectivity index (χ3n) is 2.16. The van der Waals surface area contributed by atoms with E-state index in [2.05, 4.69) is 4.74 Å². The molecule has 0 spiro atoms. The quantitative estimate of drug-likeness (QED) is 0.444. The third-order valence-corrected chi connectivity index (χ3v) is 2.16. The second kappa shape index (κ2) is 6.78. The van der Waals surface area contributed by atoms with Crippen LogP contribution in [0.1, 0.15) is 36.5 Å². The van der Waals surface area contributed by atoms with Crippen LogP contribution in [0.25, 0.3) is 0 Å². The molecule has 0 saturated carbocycles. The van der Waals surface area contributed by atoms with Gasteiger partial charge in [0.1, 0.15) is 17.2 Å². The molecule has 1 aromatic carbocycles. The van der Waals surface area contributed by atoms with Crippen LogP contribution < -0.4 is 0 Å². The normalized spacial score (nSPS) is 10.8. The Morgan fingerprint density at radius 2 is 2.00 bits per heavy atom. The Morgan fingerprint density at radius 3 is 2.59 bits per heavy atom. The molecule has 0 aliphatic carbocycles. The smallest absolute Gasteiger partial charge is 0.348 e. The lowest BCUT2D eigenvalue weighted by atomic mass is 10.2. The van der Waals surface area contributed by atoms with Gasteiger partial charge in [0.25, 0.3) is 0 Å². The van der Waals surface area contributed by atoms with Gasteiger partial charge < -0.3 is 4.74 Å². The molecule has 0 radical (unpaired) electrons. The number of benzene rings is 1. The molecule has 0 unspecified atom stereocenters. The van der Waals surface area contributed by atoms with Crippen LogP contribution in [0, 0.1) is 11.6 Å². The molecule has 0 aliphatic rings. The average Bonchev–Trinajstić information content (AvgIpc) is 2.28. The van der Waals surface area contributed by atoms with Crippen LogP contribution in [0.2, 0.25) is 0 Å². The molecule has 1 aromatic rings. The molecule has 1 rings (SSSR count). The molecule has 0 fully saturated rings. The number of rotatable bonds is 5. The zero-order valence-electron chi connectivity index (χ0n) is 9.58. The Kier molecular flexibility index (Phi) is 5.33. The summed E-state index contributed by atoms with van der Waals surface area (Å²) in [6.07, 6.45) is 5.59. The fraction of sp³-hybridized carbons (Fsp3) is 0.308. The molecule has 0 aromatic heterocycles.